The number of aliphatic hydroxyl groups excluding tert-OH is 1. The van der Waals surface area contributed by atoms with Crippen LogP contribution >= 0.6 is 0 Å². The van der Waals surface area contributed by atoms with E-state index < -0.39 is 38.3 Å². The van der Waals surface area contributed by atoms with Crippen LogP contribution in [0.4, 0.5) is 5.69 Å². The molecule has 1 atom stereocenters. The minimum absolute atomic E-state index is 0.345. The van der Waals surface area contributed by atoms with Crippen LogP contribution in [0, 0.1) is 10.1 Å². The van der Waals surface area contributed by atoms with Crippen molar-refractivity contribution < 1.29 is 27.4 Å². The molecule has 2 aromatic rings. The first-order valence-corrected chi connectivity index (χ1v) is 8.21. The summed E-state index contributed by atoms with van der Waals surface area (Å²) in [5.41, 5.74) is -0.248. The van der Waals surface area contributed by atoms with Crippen LogP contribution in [0.3, 0.4) is 0 Å². The highest BCUT2D eigenvalue weighted by Gasteiger charge is 2.27. The Hall–Kier alpha value is -2.49. The largest absolute Gasteiger partial charge is 0.496 e. The second-order valence-electron chi connectivity index (χ2n) is 4.72. The molecule has 8 nitrogen and oxygen atoms in total. The fourth-order valence-corrected chi connectivity index (χ4v) is 3.15. The number of rotatable bonds is 7. The highest BCUT2D eigenvalue weighted by atomic mass is 32.2. The van der Waals surface area contributed by atoms with E-state index in [1.54, 1.807) is 24.3 Å². The zero-order valence-corrected chi connectivity index (χ0v) is 13.5. The minimum atomic E-state index is -4.40. The number of hydrogen-bond donors (Lipinski definition) is 1. The molecule has 0 aliphatic carbocycles. The summed E-state index contributed by atoms with van der Waals surface area (Å²) in [6.07, 6.45) is -1.28. The molecule has 0 amide bonds. The van der Waals surface area contributed by atoms with Gasteiger partial charge in [0, 0.05) is 11.6 Å². The van der Waals surface area contributed by atoms with E-state index in [9.17, 15) is 23.6 Å². The van der Waals surface area contributed by atoms with E-state index in [0.29, 0.717) is 11.3 Å². The Morgan fingerprint density at radius 2 is 1.79 bits per heavy atom. The van der Waals surface area contributed by atoms with E-state index in [0.717, 1.165) is 12.1 Å². The van der Waals surface area contributed by atoms with Gasteiger partial charge in [0.15, 0.2) is 4.90 Å². The van der Waals surface area contributed by atoms with Crippen LogP contribution in [0.2, 0.25) is 0 Å². The van der Waals surface area contributed by atoms with E-state index in [1.807, 2.05) is 0 Å². The van der Waals surface area contributed by atoms with E-state index >= 15 is 0 Å². The van der Waals surface area contributed by atoms with Crippen molar-refractivity contribution in [3.63, 3.8) is 0 Å². The Labute approximate surface area is 138 Å². The highest BCUT2D eigenvalue weighted by molar-refractivity contribution is 7.87. The normalized spacial score (nSPS) is 12.6. The Bertz CT molecular complexity index is 835. The predicted molar refractivity (Wildman–Crippen MR) is 84.2 cm³/mol. The van der Waals surface area contributed by atoms with Crippen LogP contribution in [0.25, 0.3) is 0 Å². The van der Waals surface area contributed by atoms with Crippen molar-refractivity contribution in [2.75, 3.05) is 13.7 Å². The molecular formula is C15H15NO7S. The van der Waals surface area contributed by atoms with Crippen LogP contribution in [0.15, 0.2) is 53.4 Å². The molecule has 24 heavy (non-hydrogen) atoms. The third-order valence-electron chi connectivity index (χ3n) is 3.21. The molecule has 0 spiro atoms. The van der Waals surface area contributed by atoms with Gasteiger partial charge in [0.25, 0.3) is 5.69 Å². The second kappa shape index (κ2) is 7.39. The first kappa shape index (κ1) is 17.9. The number of para-hydroxylation sites is 2. The number of hydrogen-bond acceptors (Lipinski definition) is 7. The summed E-state index contributed by atoms with van der Waals surface area (Å²) in [5.74, 6) is 0.372. The maximum Gasteiger partial charge on any atom is 0.303 e. The first-order chi connectivity index (χ1) is 11.4. The van der Waals surface area contributed by atoms with Crippen LogP contribution < -0.4 is 4.74 Å². The minimum Gasteiger partial charge on any atom is -0.496 e. The number of nitro benzene ring substituents is 1. The van der Waals surface area contributed by atoms with Crippen molar-refractivity contribution in [2.24, 2.45) is 0 Å². The smallest absolute Gasteiger partial charge is 0.303 e. The van der Waals surface area contributed by atoms with Gasteiger partial charge in [-0.3, -0.25) is 14.3 Å². The summed E-state index contributed by atoms with van der Waals surface area (Å²) in [5, 5.41) is 21.0. The molecule has 9 heteroatoms. The molecule has 0 saturated heterocycles. The number of nitro groups is 1. The standard InChI is InChI=1S/C15H15NO7S/c1-22-14-8-4-2-6-11(14)13(17)10-23-24(20,21)15-9-5-3-7-12(15)16(18)19/h2-9,13,17H,10H2,1H3. The fraction of sp³-hybridized carbons (Fsp3) is 0.200. The molecule has 0 aliphatic rings. The van der Waals surface area contributed by atoms with Gasteiger partial charge in [0.2, 0.25) is 0 Å². The molecule has 0 aliphatic heterocycles. The lowest BCUT2D eigenvalue weighted by molar-refractivity contribution is -0.387. The van der Waals surface area contributed by atoms with Crippen LogP contribution in [-0.2, 0) is 14.3 Å². The topological polar surface area (TPSA) is 116 Å². The van der Waals surface area contributed by atoms with Gasteiger partial charge in [-0.25, -0.2) is 0 Å². The molecule has 0 saturated carbocycles. The number of nitrogens with zero attached hydrogens (tertiary/aromatic N) is 1. The van der Waals surface area contributed by atoms with Crippen molar-refractivity contribution in [3.05, 3.63) is 64.2 Å². The highest BCUT2D eigenvalue weighted by Crippen LogP contribution is 2.28. The average molecular weight is 353 g/mol. The van der Waals surface area contributed by atoms with Crippen molar-refractivity contribution in [3.8, 4) is 5.75 Å². The van der Waals surface area contributed by atoms with Gasteiger partial charge in [-0.2, -0.15) is 8.42 Å². The lowest BCUT2D eigenvalue weighted by atomic mass is 10.1. The molecule has 0 bridgehead atoms. The number of benzene rings is 2. The Morgan fingerprint density at radius 3 is 2.46 bits per heavy atom. The zero-order chi connectivity index (χ0) is 17.7. The third-order valence-corrected chi connectivity index (χ3v) is 4.54. The van der Waals surface area contributed by atoms with Crippen LogP contribution in [0.1, 0.15) is 11.7 Å². The second-order valence-corrected chi connectivity index (χ2v) is 6.31. The number of ether oxygens (including phenoxy) is 1. The Morgan fingerprint density at radius 1 is 1.17 bits per heavy atom. The summed E-state index contributed by atoms with van der Waals surface area (Å²) in [6, 6.07) is 11.3. The van der Waals surface area contributed by atoms with Gasteiger partial charge in [-0.05, 0) is 12.1 Å². The Kier molecular flexibility index (Phi) is 5.50. The molecule has 0 aromatic heterocycles. The van der Waals surface area contributed by atoms with E-state index in [-0.39, 0.29) is 0 Å². The van der Waals surface area contributed by atoms with Gasteiger partial charge in [-0.15, -0.1) is 0 Å². The molecule has 1 unspecified atom stereocenters. The summed E-state index contributed by atoms with van der Waals surface area (Å²) in [7, 11) is -2.99. The monoisotopic (exact) mass is 353 g/mol. The fourth-order valence-electron chi connectivity index (χ4n) is 2.07. The molecule has 2 aromatic carbocycles. The van der Waals surface area contributed by atoms with Crippen molar-refractivity contribution in [1.82, 2.24) is 0 Å². The van der Waals surface area contributed by atoms with Crippen molar-refractivity contribution >= 4 is 15.8 Å². The third kappa shape index (κ3) is 3.88. The number of methoxy groups -OCH3 is 1. The van der Waals surface area contributed by atoms with Crippen LogP contribution in [0.5, 0.6) is 5.75 Å². The lowest BCUT2D eigenvalue weighted by Crippen LogP contribution is -2.15. The summed E-state index contributed by atoms with van der Waals surface area (Å²) < 4.78 is 34.2. The maximum atomic E-state index is 12.2. The quantitative estimate of drug-likeness (QED) is 0.460. The van der Waals surface area contributed by atoms with Gasteiger partial charge >= 0.3 is 10.1 Å². The van der Waals surface area contributed by atoms with Crippen molar-refractivity contribution in [1.29, 1.82) is 0 Å². The van der Waals surface area contributed by atoms with E-state index in [1.165, 1.54) is 19.2 Å². The molecule has 0 heterocycles. The lowest BCUT2D eigenvalue weighted by Gasteiger charge is -2.14. The average Bonchev–Trinajstić information content (AvgIpc) is 2.59. The van der Waals surface area contributed by atoms with Crippen molar-refractivity contribution in [2.45, 2.75) is 11.0 Å². The molecule has 1 N–H and O–H groups in total. The van der Waals surface area contributed by atoms with Gasteiger partial charge in [-0.1, -0.05) is 30.3 Å². The van der Waals surface area contributed by atoms with E-state index in [4.69, 9.17) is 8.92 Å². The van der Waals surface area contributed by atoms with Gasteiger partial charge < -0.3 is 9.84 Å². The molecule has 0 fully saturated rings. The molecular weight excluding hydrogens is 338 g/mol. The van der Waals surface area contributed by atoms with E-state index in [2.05, 4.69) is 0 Å². The Balaban J connectivity index is 2.20. The van der Waals surface area contributed by atoms with Gasteiger partial charge in [0.1, 0.15) is 11.9 Å². The maximum absolute atomic E-state index is 12.2. The molecule has 0 radical (unpaired) electrons. The van der Waals surface area contributed by atoms with Gasteiger partial charge in [0.05, 0.1) is 18.6 Å². The van der Waals surface area contributed by atoms with Crippen LogP contribution in [-0.4, -0.2) is 32.2 Å². The number of aliphatic hydroxyl groups is 1. The first-order valence-electron chi connectivity index (χ1n) is 6.80. The predicted octanol–water partition coefficient (Wildman–Crippen LogP) is 2.04. The molecule has 2 rings (SSSR count). The molecule has 128 valence electrons. The summed E-state index contributed by atoms with van der Waals surface area (Å²) >= 11 is 0. The zero-order valence-electron chi connectivity index (χ0n) is 12.7. The summed E-state index contributed by atoms with van der Waals surface area (Å²) in [6.45, 7) is -0.602. The SMILES string of the molecule is COc1ccccc1C(O)COS(=O)(=O)c1ccccc1[N+](=O)[O-]. The summed E-state index contributed by atoms with van der Waals surface area (Å²) in [4.78, 5) is 9.55.